The Hall–Kier alpha value is -1.16. The van der Waals surface area contributed by atoms with E-state index in [1.807, 2.05) is 6.92 Å². The molecule has 0 aliphatic heterocycles. The van der Waals surface area contributed by atoms with Gasteiger partial charge >= 0.3 is 0 Å². The van der Waals surface area contributed by atoms with E-state index in [0.29, 0.717) is 18.5 Å². The summed E-state index contributed by atoms with van der Waals surface area (Å²) in [4.78, 5) is 0. The predicted molar refractivity (Wildman–Crippen MR) is 55.2 cm³/mol. The number of benzene rings is 1. The number of alkyl halides is 2. The van der Waals surface area contributed by atoms with Crippen LogP contribution < -0.4 is 5.73 Å². The maximum absolute atomic E-state index is 12.4. The Morgan fingerprint density at radius 3 is 2.60 bits per heavy atom. The highest BCUT2D eigenvalue weighted by Crippen LogP contribution is 2.31. The van der Waals surface area contributed by atoms with Gasteiger partial charge in [0.25, 0.3) is 6.43 Å². The second-order valence-electron chi connectivity index (χ2n) is 3.60. The molecule has 0 saturated carbocycles. The first-order valence-corrected chi connectivity index (χ1v) is 4.87. The number of halogens is 2. The van der Waals surface area contributed by atoms with Gasteiger partial charge in [0.2, 0.25) is 0 Å². The van der Waals surface area contributed by atoms with E-state index in [0.717, 1.165) is 0 Å². The smallest absolute Gasteiger partial charge is 0.263 e. The molecule has 0 heterocycles. The summed E-state index contributed by atoms with van der Waals surface area (Å²) in [7, 11) is 0. The molecule has 0 spiro atoms. The number of rotatable bonds is 4. The first kappa shape index (κ1) is 11.9. The Kier molecular flexibility index (Phi) is 4.03. The molecule has 0 bridgehead atoms. The van der Waals surface area contributed by atoms with Crippen LogP contribution in [0.2, 0.25) is 0 Å². The van der Waals surface area contributed by atoms with E-state index in [9.17, 15) is 13.9 Å². The molecule has 0 fully saturated rings. The van der Waals surface area contributed by atoms with Gasteiger partial charge < -0.3 is 10.8 Å². The maximum atomic E-state index is 12.4. The standard InChI is InChI=1S/C11H15F2NO/c1-7(4-5-14)9-6-8(11(12)13)2-3-10(9)15/h2-3,6-7,11,15H,4-5,14H2,1H3. The van der Waals surface area contributed by atoms with Crippen molar-refractivity contribution in [2.24, 2.45) is 5.73 Å². The normalized spacial score (nSPS) is 13.1. The highest BCUT2D eigenvalue weighted by atomic mass is 19.3. The minimum atomic E-state index is -2.51. The SMILES string of the molecule is CC(CCN)c1cc(C(F)F)ccc1O. The van der Waals surface area contributed by atoms with E-state index in [1.54, 1.807) is 0 Å². The third-order valence-corrected chi connectivity index (χ3v) is 2.43. The third-order valence-electron chi connectivity index (χ3n) is 2.43. The molecule has 0 aliphatic rings. The van der Waals surface area contributed by atoms with Crippen molar-refractivity contribution in [3.63, 3.8) is 0 Å². The van der Waals surface area contributed by atoms with Gasteiger partial charge in [-0.2, -0.15) is 0 Å². The molecule has 0 amide bonds. The molecule has 1 unspecified atom stereocenters. The number of phenols is 1. The molecule has 3 N–H and O–H groups in total. The van der Waals surface area contributed by atoms with Gasteiger partial charge in [0, 0.05) is 5.56 Å². The summed E-state index contributed by atoms with van der Waals surface area (Å²) in [6.07, 6.45) is -1.84. The second kappa shape index (κ2) is 5.07. The van der Waals surface area contributed by atoms with Crippen molar-refractivity contribution in [3.8, 4) is 5.75 Å². The van der Waals surface area contributed by atoms with Gasteiger partial charge in [-0.3, -0.25) is 0 Å². The fourth-order valence-electron chi connectivity index (χ4n) is 1.51. The van der Waals surface area contributed by atoms with Crippen molar-refractivity contribution in [1.82, 2.24) is 0 Å². The van der Waals surface area contributed by atoms with Crippen LogP contribution in [0.25, 0.3) is 0 Å². The van der Waals surface area contributed by atoms with Crippen LogP contribution in [0, 0.1) is 0 Å². The van der Waals surface area contributed by atoms with Crippen LogP contribution in [0.4, 0.5) is 8.78 Å². The molecule has 0 aromatic heterocycles. The van der Waals surface area contributed by atoms with Gasteiger partial charge in [-0.05, 0) is 42.6 Å². The Labute approximate surface area is 87.7 Å². The van der Waals surface area contributed by atoms with Crippen LogP contribution in [0.15, 0.2) is 18.2 Å². The maximum Gasteiger partial charge on any atom is 0.263 e. The monoisotopic (exact) mass is 215 g/mol. The molecule has 84 valence electrons. The fraction of sp³-hybridized carbons (Fsp3) is 0.455. The lowest BCUT2D eigenvalue weighted by Crippen LogP contribution is -2.05. The summed E-state index contributed by atoms with van der Waals surface area (Å²) in [6, 6.07) is 3.89. The lowest BCUT2D eigenvalue weighted by Gasteiger charge is -2.13. The van der Waals surface area contributed by atoms with Gasteiger partial charge in [0.05, 0.1) is 0 Å². The number of phenolic OH excluding ortho intramolecular Hbond substituents is 1. The van der Waals surface area contributed by atoms with Crippen molar-refractivity contribution in [1.29, 1.82) is 0 Å². The Balaban J connectivity index is 2.99. The topological polar surface area (TPSA) is 46.2 Å². The van der Waals surface area contributed by atoms with Gasteiger partial charge in [-0.25, -0.2) is 8.78 Å². The molecule has 0 aliphatic carbocycles. The van der Waals surface area contributed by atoms with Crippen LogP contribution >= 0.6 is 0 Å². The molecule has 1 aromatic rings. The molecule has 1 atom stereocenters. The van der Waals surface area contributed by atoms with Crippen LogP contribution in [0.3, 0.4) is 0 Å². The van der Waals surface area contributed by atoms with E-state index >= 15 is 0 Å². The quantitative estimate of drug-likeness (QED) is 0.811. The molecule has 1 rings (SSSR count). The Morgan fingerprint density at radius 2 is 2.07 bits per heavy atom. The fourth-order valence-corrected chi connectivity index (χ4v) is 1.51. The third kappa shape index (κ3) is 2.89. The number of nitrogens with two attached hydrogens (primary N) is 1. The minimum absolute atomic E-state index is 0.00583. The highest BCUT2D eigenvalue weighted by Gasteiger charge is 2.14. The van der Waals surface area contributed by atoms with E-state index in [1.165, 1.54) is 18.2 Å². The summed E-state index contributed by atoms with van der Waals surface area (Å²) in [5, 5.41) is 9.53. The molecule has 2 nitrogen and oxygen atoms in total. The Morgan fingerprint density at radius 1 is 1.40 bits per heavy atom. The molecule has 15 heavy (non-hydrogen) atoms. The van der Waals surface area contributed by atoms with E-state index in [-0.39, 0.29) is 17.2 Å². The molecular formula is C11H15F2NO. The van der Waals surface area contributed by atoms with Crippen LogP contribution in [0.1, 0.15) is 36.8 Å². The molecule has 0 radical (unpaired) electrons. The molecular weight excluding hydrogens is 200 g/mol. The van der Waals surface area contributed by atoms with Gasteiger partial charge in [-0.1, -0.05) is 6.92 Å². The largest absolute Gasteiger partial charge is 0.508 e. The van der Waals surface area contributed by atoms with Crippen LogP contribution in [-0.4, -0.2) is 11.7 Å². The minimum Gasteiger partial charge on any atom is -0.508 e. The number of hydrogen-bond acceptors (Lipinski definition) is 2. The van der Waals surface area contributed by atoms with Crippen molar-refractivity contribution >= 4 is 0 Å². The second-order valence-corrected chi connectivity index (χ2v) is 3.60. The number of hydrogen-bond donors (Lipinski definition) is 2. The lowest BCUT2D eigenvalue weighted by molar-refractivity contribution is 0.151. The van der Waals surface area contributed by atoms with E-state index in [2.05, 4.69) is 0 Å². The average molecular weight is 215 g/mol. The van der Waals surface area contributed by atoms with E-state index < -0.39 is 6.43 Å². The first-order chi connectivity index (χ1) is 7.06. The zero-order valence-electron chi connectivity index (χ0n) is 8.58. The van der Waals surface area contributed by atoms with E-state index in [4.69, 9.17) is 5.73 Å². The van der Waals surface area contributed by atoms with Crippen LogP contribution in [-0.2, 0) is 0 Å². The highest BCUT2D eigenvalue weighted by molar-refractivity contribution is 5.38. The summed E-state index contributed by atoms with van der Waals surface area (Å²) < 4.78 is 24.8. The number of aromatic hydroxyl groups is 1. The van der Waals surface area contributed by atoms with Crippen LogP contribution in [0.5, 0.6) is 5.75 Å². The summed E-state index contributed by atoms with van der Waals surface area (Å²) >= 11 is 0. The zero-order chi connectivity index (χ0) is 11.4. The summed E-state index contributed by atoms with van der Waals surface area (Å²) in [5.41, 5.74) is 5.86. The van der Waals surface area contributed by atoms with Gasteiger partial charge in [0.15, 0.2) is 0 Å². The predicted octanol–water partition coefficient (Wildman–Crippen LogP) is 2.78. The van der Waals surface area contributed by atoms with Gasteiger partial charge in [-0.15, -0.1) is 0 Å². The lowest BCUT2D eigenvalue weighted by atomic mass is 9.95. The van der Waals surface area contributed by atoms with Gasteiger partial charge in [0.1, 0.15) is 5.75 Å². The molecule has 4 heteroatoms. The van der Waals surface area contributed by atoms with Crippen molar-refractivity contribution in [2.45, 2.75) is 25.7 Å². The average Bonchev–Trinajstić information content (AvgIpc) is 2.18. The summed E-state index contributed by atoms with van der Waals surface area (Å²) in [5.74, 6) is 0.0500. The molecule has 1 aromatic carbocycles. The van der Waals surface area contributed by atoms with Crippen molar-refractivity contribution < 1.29 is 13.9 Å². The Bertz CT molecular complexity index is 328. The van der Waals surface area contributed by atoms with Crippen molar-refractivity contribution in [2.75, 3.05) is 6.54 Å². The first-order valence-electron chi connectivity index (χ1n) is 4.87. The molecule has 0 saturated heterocycles. The van der Waals surface area contributed by atoms with Crippen molar-refractivity contribution in [3.05, 3.63) is 29.3 Å². The zero-order valence-corrected chi connectivity index (χ0v) is 8.58. The summed E-state index contributed by atoms with van der Waals surface area (Å²) in [6.45, 7) is 2.33.